The number of nitrogens with one attached hydrogen (secondary N) is 1. The molecule has 0 heterocycles. The topological polar surface area (TPSA) is 15.3 Å². The fraction of sp³-hybridized carbons (Fsp3) is 0.684. The van der Waals surface area contributed by atoms with E-state index in [1.807, 2.05) is 0 Å². The lowest BCUT2D eigenvalue weighted by Gasteiger charge is -2.38. The fourth-order valence-electron chi connectivity index (χ4n) is 3.58. The van der Waals surface area contributed by atoms with E-state index in [0.717, 1.165) is 6.54 Å². The number of rotatable bonds is 7. The monoisotopic (exact) mass is 288 g/mol. The maximum atomic E-state index is 3.80. The largest absolute Gasteiger partial charge is 0.309 e. The van der Waals surface area contributed by atoms with Crippen molar-refractivity contribution < 1.29 is 0 Å². The molecule has 0 radical (unpaired) electrons. The molecule has 1 aromatic rings. The molecule has 1 aliphatic rings. The Morgan fingerprint density at radius 1 is 1.19 bits per heavy atom. The van der Waals surface area contributed by atoms with Crippen LogP contribution in [0.3, 0.4) is 0 Å². The lowest BCUT2D eigenvalue weighted by atomic mass is 10.0. The highest BCUT2D eigenvalue weighted by atomic mass is 15.2. The van der Waals surface area contributed by atoms with Crippen LogP contribution in [-0.2, 0) is 6.42 Å². The van der Waals surface area contributed by atoms with Gasteiger partial charge in [-0.1, -0.05) is 45.0 Å². The molecule has 1 N–H and O–H groups in total. The van der Waals surface area contributed by atoms with E-state index in [0.29, 0.717) is 24.0 Å². The van der Waals surface area contributed by atoms with Crippen LogP contribution >= 0.6 is 0 Å². The zero-order chi connectivity index (χ0) is 15.4. The van der Waals surface area contributed by atoms with E-state index in [-0.39, 0.29) is 0 Å². The normalized spacial score (nSPS) is 21.5. The first-order valence-electron chi connectivity index (χ1n) is 8.61. The molecule has 2 nitrogen and oxygen atoms in total. The average molecular weight is 288 g/mol. The lowest BCUT2D eigenvalue weighted by Crippen LogP contribution is -2.48. The van der Waals surface area contributed by atoms with E-state index in [9.17, 15) is 0 Å². The molecule has 0 aliphatic heterocycles. The van der Waals surface area contributed by atoms with E-state index < -0.39 is 0 Å². The van der Waals surface area contributed by atoms with Crippen LogP contribution in [0.4, 0.5) is 0 Å². The number of nitrogens with zero attached hydrogens (tertiary/aromatic N) is 1. The van der Waals surface area contributed by atoms with Gasteiger partial charge in [-0.3, -0.25) is 4.90 Å². The minimum Gasteiger partial charge on any atom is -0.309 e. The Morgan fingerprint density at radius 2 is 1.90 bits per heavy atom. The first kappa shape index (κ1) is 16.5. The summed E-state index contributed by atoms with van der Waals surface area (Å²) in [6.45, 7) is 13.9. The van der Waals surface area contributed by atoms with E-state index in [2.05, 4.69) is 69.1 Å². The quantitative estimate of drug-likeness (QED) is 0.815. The van der Waals surface area contributed by atoms with Gasteiger partial charge in [-0.25, -0.2) is 0 Å². The van der Waals surface area contributed by atoms with Gasteiger partial charge in [0.15, 0.2) is 0 Å². The molecule has 0 amide bonds. The predicted octanol–water partition coefficient (Wildman–Crippen LogP) is 4.02. The van der Waals surface area contributed by atoms with Crippen molar-refractivity contribution in [1.82, 2.24) is 10.2 Å². The van der Waals surface area contributed by atoms with Gasteiger partial charge in [0.1, 0.15) is 0 Å². The van der Waals surface area contributed by atoms with Crippen LogP contribution < -0.4 is 5.32 Å². The summed E-state index contributed by atoms with van der Waals surface area (Å²) < 4.78 is 0. The average Bonchev–Trinajstić information content (AvgIpc) is 2.80. The molecule has 0 aromatic heterocycles. The van der Waals surface area contributed by atoms with Crippen molar-refractivity contribution in [2.45, 2.75) is 65.6 Å². The summed E-state index contributed by atoms with van der Waals surface area (Å²) in [5.41, 5.74) is 3.05. The van der Waals surface area contributed by atoms with Crippen molar-refractivity contribution in [1.29, 1.82) is 0 Å². The molecule has 2 unspecified atom stereocenters. The SMILES string of the molecule is CCCNC1c2ccccc2CC1N(CC(C)C)C(C)C. The van der Waals surface area contributed by atoms with Crippen molar-refractivity contribution in [2.24, 2.45) is 5.92 Å². The highest BCUT2D eigenvalue weighted by Gasteiger charge is 2.36. The zero-order valence-corrected chi connectivity index (χ0v) is 14.4. The second kappa shape index (κ2) is 7.42. The summed E-state index contributed by atoms with van der Waals surface area (Å²) in [5.74, 6) is 0.711. The number of hydrogen-bond donors (Lipinski definition) is 1. The van der Waals surface area contributed by atoms with E-state index in [4.69, 9.17) is 0 Å². The van der Waals surface area contributed by atoms with Gasteiger partial charge in [-0.15, -0.1) is 0 Å². The third kappa shape index (κ3) is 3.87. The molecule has 0 spiro atoms. The van der Waals surface area contributed by atoms with Gasteiger partial charge in [0.2, 0.25) is 0 Å². The highest BCUT2D eigenvalue weighted by Crippen LogP contribution is 2.35. The van der Waals surface area contributed by atoms with Crippen molar-refractivity contribution in [2.75, 3.05) is 13.1 Å². The van der Waals surface area contributed by atoms with Crippen molar-refractivity contribution in [3.8, 4) is 0 Å². The molecule has 1 aliphatic carbocycles. The molecule has 2 heteroatoms. The number of hydrogen-bond acceptors (Lipinski definition) is 2. The Hall–Kier alpha value is -0.860. The standard InChI is InChI=1S/C19H32N2/c1-6-11-20-19-17-10-8-7-9-16(17)12-18(19)21(15(4)5)13-14(2)3/h7-10,14-15,18-20H,6,11-13H2,1-5H3. The second-order valence-electron chi connectivity index (χ2n) is 7.09. The predicted molar refractivity (Wildman–Crippen MR) is 91.6 cm³/mol. The van der Waals surface area contributed by atoms with Crippen molar-refractivity contribution >= 4 is 0 Å². The highest BCUT2D eigenvalue weighted by molar-refractivity contribution is 5.37. The first-order valence-corrected chi connectivity index (χ1v) is 8.61. The number of benzene rings is 1. The molecule has 0 fully saturated rings. The summed E-state index contributed by atoms with van der Waals surface area (Å²) in [6.07, 6.45) is 2.37. The van der Waals surface area contributed by atoms with Gasteiger partial charge in [0, 0.05) is 24.7 Å². The second-order valence-corrected chi connectivity index (χ2v) is 7.09. The molecule has 21 heavy (non-hydrogen) atoms. The molecule has 2 rings (SSSR count). The first-order chi connectivity index (χ1) is 10.0. The minimum absolute atomic E-state index is 0.488. The van der Waals surface area contributed by atoms with Gasteiger partial charge < -0.3 is 5.32 Å². The van der Waals surface area contributed by atoms with Crippen LogP contribution in [0, 0.1) is 5.92 Å². The summed E-state index contributed by atoms with van der Waals surface area (Å²) in [6, 6.07) is 10.7. The minimum atomic E-state index is 0.488. The van der Waals surface area contributed by atoms with E-state index in [1.54, 1.807) is 0 Å². The van der Waals surface area contributed by atoms with Crippen LogP contribution in [0.5, 0.6) is 0 Å². The van der Waals surface area contributed by atoms with Gasteiger partial charge >= 0.3 is 0 Å². The summed E-state index contributed by atoms with van der Waals surface area (Å²) in [7, 11) is 0. The maximum absolute atomic E-state index is 3.80. The molecule has 0 saturated heterocycles. The van der Waals surface area contributed by atoms with Crippen LogP contribution in [0.1, 0.15) is 58.2 Å². The Balaban J connectivity index is 2.24. The Morgan fingerprint density at radius 3 is 2.52 bits per heavy atom. The van der Waals surface area contributed by atoms with Gasteiger partial charge in [-0.05, 0) is 50.3 Å². The third-order valence-electron chi connectivity index (χ3n) is 4.48. The van der Waals surface area contributed by atoms with Crippen LogP contribution in [-0.4, -0.2) is 30.1 Å². The van der Waals surface area contributed by atoms with Crippen LogP contribution in [0.25, 0.3) is 0 Å². The van der Waals surface area contributed by atoms with Gasteiger partial charge in [0.05, 0.1) is 0 Å². The third-order valence-corrected chi connectivity index (χ3v) is 4.48. The van der Waals surface area contributed by atoms with E-state index >= 15 is 0 Å². The summed E-state index contributed by atoms with van der Waals surface area (Å²) >= 11 is 0. The van der Waals surface area contributed by atoms with Crippen molar-refractivity contribution in [3.63, 3.8) is 0 Å². The molecular weight excluding hydrogens is 256 g/mol. The Kier molecular flexibility index (Phi) is 5.83. The molecular formula is C19H32N2. The van der Waals surface area contributed by atoms with Gasteiger partial charge in [0.25, 0.3) is 0 Å². The molecule has 2 atom stereocenters. The summed E-state index contributed by atoms with van der Waals surface area (Å²) in [5, 5.41) is 3.80. The fourth-order valence-corrected chi connectivity index (χ4v) is 3.58. The molecule has 1 aromatic carbocycles. The summed E-state index contributed by atoms with van der Waals surface area (Å²) in [4.78, 5) is 2.71. The van der Waals surface area contributed by atoms with Crippen LogP contribution in [0.15, 0.2) is 24.3 Å². The van der Waals surface area contributed by atoms with Crippen LogP contribution in [0.2, 0.25) is 0 Å². The smallest absolute Gasteiger partial charge is 0.0484 e. The Labute approximate surface area is 130 Å². The maximum Gasteiger partial charge on any atom is 0.0484 e. The van der Waals surface area contributed by atoms with Crippen molar-refractivity contribution in [3.05, 3.63) is 35.4 Å². The lowest BCUT2D eigenvalue weighted by molar-refractivity contribution is 0.113. The molecule has 118 valence electrons. The van der Waals surface area contributed by atoms with Gasteiger partial charge in [-0.2, -0.15) is 0 Å². The molecule has 0 bridgehead atoms. The van der Waals surface area contributed by atoms with E-state index in [1.165, 1.54) is 30.5 Å². The molecule has 0 saturated carbocycles. The zero-order valence-electron chi connectivity index (χ0n) is 14.4. The number of fused-ring (bicyclic) bond motifs is 1. The Bertz CT molecular complexity index is 439.